The Hall–Kier alpha value is -2.56. The van der Waals surface area contributed by atoms with E-state index in [1.165, 1.54) is 35.7 Å². The molecule has 3 rings (SSSR count). The quantitative estimate of drug-likeness (QED) is 0.543. The number of anilines is 1. The third-order valence-electron chi connectivity index (χ3n) is 3.30. The zero-order chi connectivity index (χ0) is 17.8. The molecule has 25 heavy (non-hydrogen) atoms. The van der Waals surface area contributed by atoms with Gasteiger partial charge >= 0.3 is 0 Å². The predicted octanol–water partition coefficient (Wildman–Crippen LogP) is 5.83. The molecule has 2 aromatic carbocycles. The maximum atomic E-state index is 13.8. The minimum atomic E-state index is -0.436. The Morgan fingerprint density at radius 2 is 1.96 bits per heavy atom. The highest BCUT2D eigenvalue weighted by Crippen LogP contribution is 2.27. The number of halogens is 3. The predicted molar refractivity (Wildman–Crippen MR) is 98.8 cm³/mol. The van der Waals surface area contributed by atoms with Crippen molar-refractivity contribution in [1.82, 2.24) is 4.98 Å². The zero-order valence-corrected chi connectivity index (χ0v) is 15.0. The first-order valence-corrected chi connectivity index (χ1v) is 8.78. The number of nitrogens with zero attached hydrogens (tertiary/aromatic N) is 2. The van der Waals surface area contributed by atoms with Crippen LogP contribution in [0.4, 0.5) is 14.5 Å². The number of hydrogen-bond acceptors (Lipinski definition) is 4. The summed E-state index contributed by atoms with van der Waals surface area (Å²) >= 11 is 4.47. The number of nitrogens with one attached hydrogen (secondary N) is 1. The Bertz CT molecular complexity index is 975. The van der Waals surface area contributed by atoms with Gasteiger partial charge in [-0.2, -0.15) is 5.26 Å². The maximum Gasteiger partial charge on any atom is 0.147 e. The summed E-state index contributed by atoms with van der Waals surface area (Å²) in [6.45, 7) is 0. The van der Waals surface area contributed by atoms with Crippen molar-refractivity contribution in [2.45, 2.75) is 0 Å². The lowest BCUT2D eigenvalue weighted by Gasteiger charge is -2.03. The van der Waals surface area contributed by atoms with E-state index in [4.69, 9.17) is 0 Å². The van der Waals surface area contributed by atoms with E-state index in [9.17, 15) is 14.0 Å². The van der Waals surface area contributed by atoms with Crippen LogP contribution in [0.1, 0.15) is 5.01 Å². The number of hydrogen-bond donors (Lipinski definition) is 1. The van der Waals surface area contributed by atoms with Crippen LogP contribution in [0.25, 0.3) is 16.8 Å². The largest absolute Gasteiger partial charge is 0.358 e. The summed E-state index contributed by atoms with van der Waals surface area (Å²) in [7, 11) is 0. The van der Waals surface area contributed by atoms with Gasteiger partial charge in [-0.1, -0.05) is 15.9 Å². The zero-order valence-electron chi connectivity index (χ0n) is 12.6. The van der Waals surface area contributed by atoms with Crippen molar-refractivity contribution in [2.75, 3.05) is 5.32 Å². The fourth-order valence-electron chi connectivity index (χ4n) is 2.05. The van der Waals surface area contributed by atoms with Gasteiger partial charge in [-0.25, -0.2) is 13.8 Å². The SMILES string of the molecule is N#C/C(=C\Nc1ccc(Br)cc1F)c1nc(-c2ccc(F)cc2)cs1. The molecule has 0 saturated heterocycles. The standard InChI is InChI=1S/C18H10BrF2N3S/c19-13-3-6-16(15(21)7-13)23-9-12(8-22)18-24-17(10-25-18)11-1-4-14(20)5-2-11/h1-7,9-10,23H/b12-9+. The van der Waals surface area contributed by atoms with Crippen LogP contribution < -0.4 is 5.32 Å². The van der Waals surface area contributed by atoms with Crippen LogP contribution in [0.15, 0.2) is 58.5 Å². The Balaban J connectivity index is 1.84. The highest BCUT2D eigenvalue weighted by atomic mass is 79.9. The van der Waals surface area contributed by atoms with E-state index in [2.05, 4.69) is 26.2 Å². The second-order valence-corrected chi connectivity index (χ2v) is 6.76. The smallest absolute Gasteiger partial charge is 0.147 e. The molecule has 0 saturated carbocycles. The minimum absolute atomic E-state index is 0.256. The Morgan fingerprint density at radius 1 is 1.20 bits per heavy atom. The molecule has 0 atom stereocenters. The molecule has 0 aliphatic heterocycles. The molecule has 0 aliphatic carbocycles. The number of aromatic nitrogens is 1. The van der Waals surface area contributed by atoms with Crippen LogP contribution in [0, 0.1) is 23.0 Å². The summed E-state index contributed by atoms with van der Waals surface area (Å²) in [4.78, 5) is 4.39. The van der Waals surface area contributed by atoms with Gasteiger partial charge in [-0.15, -0.1) is 11.3 Å². The van der Waals surface area contributed by atoms with Crippen molar-refractivity contribution in [3.63, 3.8) is 0 Å². The van der Waals surface area contributed by atoms with Gasteiger partial charge in [0.15, 0.2) is 0 Å². The van der Waals surface area contributed by atoms with Crippen LogP contribution in [-0.4, -0.2) is 4.98 Å². The monoisotopic (exact) mass is 417 g/mol. The number of allylic oxidation sites excluding steroid dienone is 1. The number of nitriles is 1. The van der Waals surface area contributed by atoms with Crippen LogP contribution in [0.5, 0.6) is 0 Å². The van der Waals surface area contributed by atoms with E-state index in [1.54, 1.807) is 29.6 Å². The lowest BCUT2D eigenvalue weighted by molar-refractivity contribution is 0.628. The van der Waals surface area contributed by atoms with Gasteiger partial charge in [-0.3, -0.25) is 0 Å². The molecule has 124 valence electrons. The Labute approximate surface area is 155 Å². The first-order valence-electron chi connectivity index (χ1n) is 7.10. The van der Waals surface area contributed by atoms with Gasteiger partial charge < -0.3 is 5.32 Å². The van der Waals surface area contributed by atoms with E-state index in [-0.39, 0.29) is 17.1 Å². The summed E-state index contributed by atoms with van der Waals surface area (Å²) in [5.74, 6) is -0.758. The molecule has 1 heterocycles. The lowest BCUT2D eigenvalue weighted by atomic mass is 10.2. The normalized spacial score (nSPS) is 11.2. The van der Waals surface area contributed by atoms with Crippen LogP contribution in [0.3, 0.4) is 0 Å². The fraction of sp³-hybridized carbons (Fsp3) is 0. The second-order valence-electron chi connectivity index (χ2n) is 4.98. The highest BCUT2D eigenvalue weighted by molar-refractivity contribution is 9.10. The van der Waals surface area contributed by atoms with Crippen LogP contribution in [0.2, 0.25) is 0 Å². The van der Waals surface area contributed by atoms with Crippen LogP contribution >= 0.6 is 27.3 Å². The molecule has 7 heteroatoms. The molecule has 0 amide bonds. The summed E-state index contributed by atoms with van der Waals surface area (Å²) < 4.78 is 27.4. The third-order valence-corrected chi connectivity index (χ3v) is 4.67. The first-order chi connectivity index (χ1) is 12.1. The molecule has 0 unspecified atom stereocenters. The third kappa shape index (κ3) is 4.10. The van der Waals surface area contributed by atoms with E-state index in [1.807, 2.05) is 6.07 Å². The second kappa shape index (κ2) is 7.55. The summed E-state index contributed by atoms with van der Waals surface area (Å²) in [6, 6.07) is 12.6. The fourth-order valence-corrected chi connectivity index (χ4v) is 3.18. The average Bonchev–Trinajstić information content (AvgIpc) is 3.07. The number of thiazole rings is 1. The molecule has 1 aromatic heterocycles. The van der Waals surface area contributed by atoms with Crippen molar-refractivity contribution in [3.8, 4) is 17.3 Å². The van der Waals surface area contributed by atoms with E-state index < -0.39 is 5.82 Å². The van der Waals surface area contributed by atoms with Gasteiger partial charge in [0.05, 0.1) is 11.4 Å². The molecule has 0 fully saturated rings. The Morgan fingerprint density at radius 3 is 2.64 bits per heavy atom. The Kier molecular flexibility index (Phi) is 5.22. The molecular weight excluding hydrogens is 408 g/mol. The summed E-state index contributed by atoms with van der Waals surface area (Å²) in [6.07, 6.45) is 1.42. The van der Waals surface area contributed by atoms with Crippen molar-refractivity contribution in [3.05, 3.63) is 75.2 Å². The van der Waals surface area contributed by atoms with Gasteiger partial charge in [0.25, 0.3) is 0 Å². The summed E-state index contributed by atoms with van der Waals surface area (Å²) in [5.41, 5.74) is 1.94. The van der Waals surface area contributed by atoms with Crippen molar-refractivity contribution in [2.24, 2.45) is 0 Å². The lowest BCUT2D eigenvalue weighted by Crippen LogP contribution is -1.94. The molecular formula is C18H10BrF2N3S. The first kappa shape index (κ1) is 17.3. The number of rotatable bonds is 4. The molecule has 0 aliphatic rings. The molecule has 0 spiro atoms. The van der Waals surface area contributed by atoms with Gasteiger partial charge in [-0.05, 0) is 42.5 Å². The van der Waals surface area contributed by atoms with Gasteiger partial charge in [0.1, 0.15) is 28.3 Å². The van der Waals surface area contributed by atoms with E-state index >= 15 is 0 Å². The van der Waals surface area contributed by atoms with Gasteiger partial charge in [0.2, 0.25) is 0 Å². The topological polar surface area (TPSA) is 48.7 Å². The van der Waals surface area contributed by atoms with Crippen molar-refractivity contribution in [1.29, 1.82) is 5.26 Å². The average molecular weight is 418 g/mol. The maximum absolute atomic E-state index is 13.8. The molecule has 3 nitrogen and oxygen atoms in total. The van der Waals surface area contributed by atoms with Crippen molar-refractivity contribution < 1.29 is 8.78 Å². The van der Waals surface area contributed by atoms with E-state index in [0.717, 1.165) is 5.56 Å². The van der Waals surface area contributed by atoms with Crippen LogP contribution in [-0.2, 0) is 0 Å². The molecule has 0 radical (unpaired) electrons. The van der Waals surface area contributed by atoms with E-state index in [0.29, 0.717) is 15.2 Å². The van der Waals surface area contributed by atoms with Crippen molar-refractivity contribution >= 4 is 38.5 Å². The molecule has 1 N–H and O–H groups in total. The van der Waals surface area contributed by atoms with Gasteiger partial charge in [0, 0.05) is 21.6 Å². The summed E-state index contributed by atoms with van der Waals surface area (Å²) in [5, 5.41) is 14.4. The highest BCUT2D eigenvalue weighted by Gasteiger charge is 2.10. The minimum Gasteiger partial charge on any atom is -0.358 e. The molecule has 3 aromatic rings. The molecule has 0 bridgehead atoms. The number of benzene rings is 2.